The molecule has 0 saturated carbocycles. The quantitative estimate of drug-likeness (QED) is 0.460. The first kappa shape index (κ1) is 15.9. The van der Waals surface area contributed by atoms with Crippen LogP contribution in [-0.2, 0) is 18.2 Å². The topological polar surface area (TPSA) is 72.8 Å². The number of hydrogen-bond donors (Lipinski definition) is 1. The van der Waals surface area contributed by atoms with Gasteiger partial charge in [0, 0.05) is 0 Å². The molecule has 0 radical (unpaired) electrons. The molecule has 94 valence electrons. The number of carboxylic acids is 1. The fourth-order valence-corrected chi connectivity index (χ4v) is 5.04. The molecule has 1 N–H and O–H groups in total. The van der Waals surface area contributed by atoms with Crippen molar-refractivity contribution in [1.29, 1.82) is 0 Å². The molecule has 0 aromatic rings. The summed E-state index contributed by atoms with van der Waals surface area (Å²) in [4.78, 5) is 11.2. The first-order chi connectivity index (χ1) is 6.92. The van der Waals surface area contributed by atoms with Gasteiger partial charge in [0.25, 0.3) is 0 Å². The number of hydrogen-bond acceptors (Lipinski definition) is 4. The Morgan fingerprint density at radius 1 is 1.06 bits per heavy atom. The molecule has 0 aliphatic rings. The number of rotatable bonds is 6. The van der Waals surface area contributed by atoms with Gasteiger partial charge < -0.3 is 14.0 Å². The summed E-state index contributed by atoms with van der Waals surface area (Å²) in [6.07, 6.45) is 0. The van der Waals surface area contributed by atoms with Gasteiger partial charge in [0.15, 0.2) is 16.6 Å². The van der Waals surface area contributed by atoms with E-state index in [-0.39, 0.29) is 0 Å². The second-order valence-corrected chi connectivity index (χ2v) is 15.0. The molecule has 16 heavy (non-hydrogen) atoms. The summed E-state index contributed by atoms with van der Waals surface area (Å²) in [5.74, 6) is -1.34. The van der Waals surface area contributed by atoms with Gasteiger partial charge in [-0.3, -0.25) is 4.57 Å². The van der Waals surface area contributed by atoms with Crippen molar-refractivity contribution in [3.63, 3.8) is 0 Å². The molecule has 0 atom stereocenters. The van der Waals surface area contributed by atoms with E-state index in [0.717, 1.165) is 0 Å². The molecule has 0 saturated heterocycles. The Morgan fingerprint density at radius 3 is 1.50 bits per heavy atom. The van der Waals surface area contributed by atoms with Crippen molar-refractivity contribution in [2.75, 3.05) is 0 Å². The number of carbonyl (C=O) groups is 1. The van der Waals surface area contributed by atoms with Crippen LogP contribution >= 0.6 is 8.46 Å². The molecule has 0 bridgehead atoms. The van der Waals surface area contributed by atoms with Crippen molar-refractivity contribution >= 4 is 31.1 Å². The molecule has 0 heterocycles. The lowest BCUT2D eigenvalue weighted by atomic mass is 10.7. The van der Waals surface area contributed by atoms with Crippen molar-refractivity contribution < 1.29 is 23.3 Å². The Kier molecular flexibility index (Phi) is 5.03. The standard InChI is InChI=1S/C8H19O5PSi2/c1-15(2,3)12-8(14-11,7(9)10)13-16(4,5)6/h1-6H3,(H,9,10). The van der Waals surface area contributed by atoms with E-state index in [4.69, 9.17) is 14.0 Å². The molecule has 0 aliphatic carbocycles. The van der Waals surface area contributed by atoms with Crippen LogP contribution in [0.15, 0.2) is 0 Å². The molecule has 0 unspecified atom stereocenters. The van der Waals surface area contributed by atoms with Crippen LogP contribution in [0.5, 0.6) is 0 Å². The van der Waals surface area contributed by atoms with Crippen molar-refractivity contribution in [3.05, 3.63) is 0 Å². The summed E-state index contributed by atoms with van der Waals surface area (Å²) in [7, 11) is -5.00. The van der Waals surface area contributed by atoms with Gasteiger partial charge in [-0.25, -0.2) is 4.79 Å². The lowest BCUT2D eigenvalue weighted by molar-refractivity contribution is -0.168. The summed E-state index contributed by atoms with van der Waals surface area (Å²) >= 11 is 0. The van der Waals surface area contributed by atoms with Crippen LogP contribution in [0.4, 0.5) is 0 Å². The summed E-state index contributed by atoms with van der Waals surface area (Å²) in [5.41, 5.74) is -2.03. The average molecular weight is 282 g/mol. The van der Waals surface area contributed by atoms with Crippen LogP contribution in [0, 0.1) is 0 Å². The Bertz CT molecular complexity index is 265. The molecule has 5 nitrogen and oxygen atoms in total. The van der Waals surface area contributed by atoms with Crippen molar-refractivity contribution in [1.82, 2.24) is 0 Å². The van der Waals surface area contributed by atoms with Crippen LogP contribution in [0.25, 0.3) is 0 Å². The van der Waals surface area contributed by atoms with Crippen molar-refractivity contribution in [3.8, 4) is 0 Å². The Balaban J connectivity index is 5.18. The van der Waals surface area contributed by atoms with Crippen molar-refractivity contribution in [2.24, 2.45) is 0 Å². The largest absolute Gasteiger partial charge is 0.477 e. The summed E-state index contributed by atoms with van der Waals surface area (Å²) in [6.45, 7) is 10.9. The summed E-state index contributed by atoms with van der Waals surface area (Å²) in [5, 5.41) is 9.14. The van der Waals surface area contributed by atoms with Gasteiger partial charge >= 0.3 is 11.5 Å². The van der Waals surface area contributed by atoms with Crippen LogP contribution in [0.2, 0.25) is 39.3 Å². The second-order valence-electron chi connectivity index (χ2n) is 5.41. The van der Waals surface area contributed by atoms with Crippen LogP contribution in [0.3, 0.4) is 0 Å². The lowest BCUT2D eigenvalue weighted by Crippen LogP contribution is -2.51. The fourth-order valence-electron chi connectivity index (χ4n) is 1.01. The Labute approximate surface area is 99.6 Å². The molecular formula is C8H19O5PSi2. The van der Waals surface area contributed by atoms with E-state index in [1.54, 1.807) is 0 Å². The molecule has 0 aliphatic heterocycles. The molecular weight excluding hydrogens is 263 g/mol. The highest BCUT2D eigenvalue weighted by atomic mass is 31.1. The van der Waals surface area contributed by atoms with Gasteiger partial charge in [-0.2, -0.15) is 0 Å². The summed E-state index contributed by atoms with van der Waals surface area (Å²) < 4.78 is 22.0. The van der Waals surface area contributed by atoms with E-state index in [0.29, 0.717) is 0 Å². The molecule has 0 aromatic carbocycles. The monoisotopic (exact) mass is 282 g/mol. The van der Waals surface area contributed by atoms with Gasteiger partial charge in [0.05, 0.1) is 0 Å². The third-order valence-electron chi connectivity index (χ3n) is 1.28. The molecule has 0 aromatic heterocycles. The van der Waals surface area contributed by atoms with E-state index >= 15 is 0 Å². The first-order valence-corrected chi connectivity index (χ1v) is 12.5. The first-order valence-electron chi connectivity index (χ1n) is 4.90. The zero-order valence-electron chi connectivity index (χ0n) is 10.5. The lowest BCUT2D eigenvalue weighted by Gasteiger charge is -2.34. The Morgan fingerprint density at radius 2 is 1.38 bits per heavy atom. The summed E-state index contributed by atoms with van der Waals surface area (Å²) in [6, 6.07) is 0. The van der Waals surface area contributed by atoms with Gasteiger partial charge in [0.1, 0.15) is 0 Å². The minimum Gasteiger partial charge on any atom is -0.477 e. The van der Waals surface area contributed by atoms with E-state index in [1.165, 1.54) is 0 Å². The third-order valence-corrected chi connectivity index (χ3v) is 4.04. The maximum absolute atomic E-state index is 11.2. The highest BCUT2D eigenvalue weighted by Gasteiger charge is 2.49. The predicted octanol–water partition coefficient (Wildman–Crippen LogP) is 2.72. The number of aliphatic carboxylic acids is 1. The van der Waals surface area contributed by atoms with Crippen LogP contribution in [-0.4, -0.2) is 33.2 Å². The molecule has 0 spiro atoms. The fraction of sp³-hybridized carbons (Fsp3) is 0.875. The predicted molar refractivity (Wildman–Crippen MR) is 66.8 cm³/mol. The maximum atomic E-state index is 11.2. The highest BCUT2D eigenvalue weighted by Crippen LogP contribution is 2.33. The zero-order chi connectivity index (χ0) is 13.2. The zero-order valence-corrected chi connectivity index (χ0v) is 13.4. The second kappa shape index (κ2) is 5.06. The SMILES string of the molecule is C[Si](C)(C)OC(O[Si](C)(C)C)(P=O)C(=O)O. The Hall–Kier alpha value is -0.0762. The normalized spacial score (nSPS) is 14.1. The van der Waals surface area contributed by atoms with E-state index < -0.39 is 36.6 Å². The molecule has 0 fully saturated rings. The van der Waals surface area contributed by atoms with Crippen molar-refractivity contribution in [2.45, 2.75) is 44.8 Å². The van der Waals surface area contributed by atoms with Crippen LogP contribution < -0.4 is 0 Å². The minimum atomic E-state index is -2.17. The minimum absolute atomic E-state index is 0.662. The molecule has 0 amide bonds. The van der Waals surface area contributed by atoms with Gasteiger partial charge in [-0.05, 0) is 39.3 Å². The van der Waals surface area contributed by atoms with Gasteiger partial charge in [-0.1, -0.05) is 0 Å². The van der Waals surface area contributed by atoms with Gasteiger partial charge in [0.2, 0.25) is 8.46 Å². The third kappa shape index (κ3) is 5.31. The maximum Gasteiger partial charge on any atom is 0.375 e. The molecule has 8 heteroatoms. The van der Waals surface area contributed by atoms with Gasteiger partial charge in [-0.15, -0.1) is 0 Å². The van der Waals surface area contributed by atoms with Crippen LogP contribution in [0.1, 0.15) is 0 Å². The average Bonchev–Trinajstić information content (AvgIpc) is 1.97. The van der Waals surface area contributed by atoms with E-state index in [1.807, 2.05) is 39.3 Å². The number of carboxylic acid groups (broad SMARTS) is 1. The molecule has 0 rings (SSSR count). The highest BCUT2D eigenvalue weighted by molar-refractivity contribution is 7.27. The van der Waals surface area contributed by atoms with E-state index in [2.05, 4.69) is 0 Å². The smallest absolute Gasteiger partial charge is 0.375 e. The van der Waals surface area contributed by atoms with E-state index in [9.17, 15) is 9.36 Å².